The first-order chi connectivity index (χ1) is 14.0. The molecule has 0 unspecified atom stereocenters. The van der Waals surface area contributed by atoms with Crippen molar-refractivity contribution in [1.82, 2.24) is 35.8 Å². The van der Waals surface area contributed by atoms with E-state index >= 15 is 0 Å². The molecule has 2 amide bonds. The lowest BCUT2D eigenvalue weighted by atomic mass is 10.1. The fraction of sp³-hybridized carbons (Fsp3) is 0.529. The number of carboxylic acid groups (broad SMARTS) is 1. The molecule has 29 heavy (non-hydrogen) atoms. The minimum atomic E-state index is -0.716. The third-order valence-electron chi connectivity index (χ3n) is 4.49. The number of aromatic amines is 1. The number of rotatable bonds is 8. The molecule has 3 rings (SSSR count). The number of aliphatic hydroxyl groups is 1. The Hall–Kier alpha value is -3.28. The van der Waals surface area contributed by atoms with Gasteiger partial charge in [0.25, 0.3) is 6.47 Å². The van der Waals surface area contributed by atoms with Crippen LogP contribution >= 0.6 is 0 Å². The lowest BCUT2D eigenvalue weighted by Crippen LogP contribution is -2.40. The Balaban J connectivity index is 0.000000941. The van der Waals surface area contributed by atoms with Crippen LogP contribution in [0.1, 0.15) is 25.0 Å². The lowest BCUT2D eigenvalue weighted by molar-refractivity contribution is -0.125. The third-order valence-corrected chi connectivity index (χ3v) is 4.49. The summed E-state index contributed by atoms with van der Waals surface area (Å²) in [4.78, 5) is 32.6. The van der Waals surface area contributed by atoms with E-state index in [1.165, 1.54) is 0 Å². The van der Waals surface area contributed by atoms with Crippen molar-refractivity contribution in [3.8, 4) is 0 Å². The van der Waals surface area contributed by atoms with Crippen LogP contribution in [-0.2, 0) is 27.3 Å². The number of aliphatic hydroxyl groups excluding tert-OH is 1. The number of nitrogens with one attached hydrogen (secondary N) is 3. The summed E-state index contributed by atoms with van der Waals surface area (Å²) in [5, 5.41) is 36.8. The summed E-state index contributed by atoms with van der Waals surface area (Å²) in [5.41, 5.74) is 0.705. The zero-order chi connectivity index (χ0) is 21.1. The van der Waals surface area contributed by atoms with Crippen LogP contribution in [0.2, 0.25) is 0 Å². The molecule has 0 saturated heterocycles. The van der Waals surface area contributed by atoms with Gasteiger partial charge in [0.1, 0.15) is 0 Å². The number of aromatic nitrogens is 5. The first kappa shape index (κ1) is 22.0. The number of hydrogen-bond donors (Lipinski definition) is 5. The molecule has 5 N–H and O–H groups in total. The largest absolute Gasteiger partial charge is 0.483 e. The molecule has 3 atom stereocenters. The first-order valence-corrected chi connectivity index (χ1v) is 9.18. The summed E-state index contributed by atoms with van der Waals surface area (Å²) in [7, 11) is 0. The van der Waals surface area contributed by atoms with E-state index in [4.69, 9.17) is 9.90 Å². The molecule has 1 aliphatic carbocycles. The molecule has 12 heteroatoms. The Morgan fingerprint density at radius 2 is 2.14 bits per heavy atom. The number of nitrogens with zero attached hydrogens (tertiary/aromatic N) is 4. The normalized spacial score (nSPS) is 20.4. The van der Waals surface area contributed by atoms with Crippen LogP contribution in [0.4, 0.5) is 0 Å². The molecule has 2 aromatic heterocycles. The topological polar surface area (TPSA) is 175 Å². The number of hydrogen-bond acceptors (Lipinski definition) is 7. The van der Waals surface area contributed by atoms with E-state index in [0.29, 0.717) is 31.6 Å². The van der Waals surface area contributed by atoms with Crippen LogP contribution in [0, 0.1) is 5.92 Å². The van der Waals surface area contributed by atoms with E-state index in [-0.39, 0.29) is 30.6 Å². The van der Waals surface area contributed by atoms with Crippen molar-refractivity contribution in [3.05, 3.63) is 30.4 Å². The first-order valence-electron chi connectivity index (χ1n) is 9.18. The summed E-state index contributed by atoms with van der Waals surface area (Å²) in [5.74, 6) is -0.589. The van der Waals surface area contributed by atoms with Gasteiger partial charge in [0, 0.05) is 37.1 Å². The third kappa shape index (κ3) is 7.33. The van der Waals surface area contributed by atoms with E-state index in [0.717, 1.165) is 6.42 Å². The van der Waals surface area contributed by atoms with Gasteiger partial charge in [-0.3, -0.25) is 24.2 Å². The molecule has 1 saturated carbocycles. The summed E-state index contributed by atoms with van der Waals surface area (Å²) in [6.07, 6.45) is 5.94. The number of H-pyrrole nitrogens is 1. The Bertz CT molecular complexity index is 750. The second-order valence-corrected chi connectivity index (χ2v) is 6.58. The van der Waals surface area contributed by atoms with Crippen molar-refractivity contribution in [3.63, 3.8) is 0 Å². The van der Waals surface area contributed by atoms with Gasteiger partial charge in [0.05, 0.1) is 24.8 Å². The predicted octanol–water partition coefficient (Wildman–Crippen LogP) is -1.29. The van der Waals surface area contributed by atoms with Gasteiger partial charge < -0.3 is 20.8 Å². The quantitative estimate of drug-likeness (QED) is 0.265. The highest BCUT2D eigenvalue weighted by Crippen LogP contribution is 2.26. The van der Waals surface area contributed by atoms with E-state index in [1.54, 1.807) is 29.3 Å². The molecule has 12 nitrogen and oxygen atoms in total. The zero-order valence-corrected chi connectivity index (χ0v) is 15.8. The number of aryl methyl sites for hydroxylation is 1. The Kier molecular flexibility index (Phi) is 8.76. The highest BCUT2D eigenvalue weighted by molar-refractivity contribution is 5.80. The molecule has 1 aliphatic rings. The maximum Gasteiger partial charge on any atom is 0.290 e. The van der Waals surface area contributed by atoms with Crippen molar-refractivity contribution in [2.45, 2.75) is 44.4 Å². The van der Waals surface area contributed by atoms with Crippen LogP contribution in [0.3, 0.4) is 0 Å². The Labute approximate surface area is 166 Å². The minimum Gasteiger partial charge on any atom is -0.483 e. The van der Waals surface area contributed by atoms with Crippen molar-refractivity contribution in [2.75, 3.05) is 6.54 Å². The smallest absolute Gasteiger partial charge is 0.290 e. The van der Waals surface area contributed by atoms with Crippen molar-refractivity contribution >= 4 is 18.3 Å². The van der Waals surface area contributed by atoms with E-state index in [2.05, 4.69) is 31.1 Å². The van der Waals surface area contributed by atoms with Crippen LogP contribution in [0.25, 0.3) is 0 Å². The lowest BCUT2D eigenvalue weighted by Gasteiger charge is -2.16. The molecule has 0 radical (unpaired) electrons. The maximum atomic E-state index is 12.3. The van der Waals surface area contributed by atoms with Gasteiger partial charge in [0.2, 0.25) is 11.8 Å². The molecular formula is C17H25N7O5. The molecule has 2 heterocycles. The fourth-order valence-electron chi connectivity index (χ4n) is 3.15. The number of carbonyl (C=O) groups excluding carboxylic acids is 2. The van der Waals surface area contributed by atoms with Crippen molar-refractivity contribution < 1.29 is 24.6 Å². The fourth-order valence-corrected chi connectivity index (χ4v) is 3.15. The van der Waals surface area contributed by atoms with Gasteiger partial charge >= 0.3 is 0 Å². The van der Waals surface area contributed by atoms with Gasteiger partial charge in [-0.1, -0.05) is 5.21 Å². The van der Waals surface area contributed by atoms with Gasteiger partial charge in [-0.15, -0.1) is 5.10 Å². The van der Waals surface area contributed by atoms with Crippen molar-refractivity contribution in [2.24, 2.45) is 5.92 Å². The summed E-state index contributed by atoms with van der Waals surface area (Å²) < 4.78 is 1.71. The van der Waals surface area contributed by atoms with E-state index in [1.807, 2.05) is 0 Å². The summed E-state index contributed by atoms with van der Waals surface area (Å²) in [6, 6.07) is 1.32. The molecule has 0 bridgehead atoms. The average Bonchev–Trinajstić information content (AvgIpc) is 3.43. The van der Waals surface area contributed by atoms with E-state index < -0.39 is 12.1 Å². The van der Waals surface area contributed by atoms with Gasteiger partial charge in [-0.25, -0.2) is 0 Å². The molecular weight excluding hydrogens is 382 g/mol. The Morgan fingerprint density at radius 3 is 2.79 bits per heavy atom. The molecule has 2 aromatic rings. The molecule has 0 aromatic carbocycles. The molecule has 0 spiro atoms. The number of amides is 2. The average molecular weight is 407 g/mol. The predicted molar refractivity (Wildman–Crippen MR) is 99.3 cm³/mol. The van der Waals surface area contributed by atoms with Gasteiger partial charge in [-0.2, -0.15) is 5.10 Å². The van der Waals surface area contributed by atoms with Gasteiger partial charge in [0.15, 0.2) is 0 Å². The van der Waals surface area contributed by atoms with Crippen LogP contribution in [0.5, 0.6) is 0 Å². The second-order valence-electron chi connectivity index (χ2n) is 6.58. The standard InChI is InChI=1S/C16H23N7O3.CH2O2/c24-14-9-11(16(26)17-3-1-6-23-7-5-19-22-23)8-13(14)20-15(25)10-12-2-4-18-21-12;2-1-3/h2,4-5,7,11,13-14,24H,1,3,6,8-10H2,(H,17,26)(H,18,21)(H,20,25);1H,(H,2,3)/t11-,13+,14+;/m0./s1. The van der Waals surface area contributed by atoms with Crippen LogP contribution < -0.4 is 10.6 Å². The number of carbonyl (C=O) groups is 3. The molecule has 0 aliphatic heterocycles. The monoisotopic (exact) mass is 407 g/mol. The second kappa shape index (κ2) is 11.5. The SMILES string of the molecule is O=C(Cc1ccn[nH]1)N[C@@H]1C[C@H](C(=O)NCCCn2ccnn2)C[C@H]1O.O=CO. The van der Waals surface area contributed by atoms with Crippen LogP contribution in [-0.4, -0.2) is 72.4 Å². The minimum absolute atomic E-state index is 0.0899. The molecule has 1 fully saturated rings. The van der Waals surface area contributed by atoms with E-state index in [9.17, 15) is 14.7 Å². The molecule has 158 valence electrons. The summed E-state index contributed by atoms with van der Waals surface area (Å²) in [6.45, 7) is 0.960. The highest BCUT2D eigenvalue weighted by Gasteiger charge is 2.37. The maximum absolute atomic E-state index is 12.3. The summed E-state index contributed by atoms with van der Waals surface area (Å²) >= 11 is 0. The zero-order valence-electron chi connectivity index (χ0n) is 15.8. The van der Waals surface area contributed by atoms with Crippen LogP contribution in [0.15, 0.2) is 24.7 Å². The Morgan fingerprint density at radius 1 is 1.34 bits per heavy atom. The van der Waals surface area contributed by atoms with Crippen molar-refractivity contribution in [1.29, 1.82) is 0 Å². The highest BCUT2D eigenvalue weighted by atomic mass is 16.3. The van der Waals surface area contributed by atoms with Gasteiger partial charge in [-0.05, 0) is 25.3 Å².